The molecule has 0 saturated heterocycles. The van der Waals surface area contributed by atoms with E-state index < -0.39 is 11.8 Å². The van der Waals surface area contributed by atoms with Crippen LogP contribution in [0.25, 0.3) is 16.5 Å². The van der Waals surface area contributed by atoms with Gasteiger partial charge in [-0.25, -0.2) is 4.39 Å². The topological polar surface area (TPSA) is 57.9 Å². The van der Waals surface area contributed by atoms with E-state index in [2.05, 4.69) is 6.58 Å². The molecule has 0 aliphatic rings. The lowest BCUT2D eigenvalue weighted by Crippen LogP contribution is -2.09. The molecule has 3 aromatic rings. The lowest BCUT2D eigenvalue weighted by molar-refractivity contribution is -0.142. The van der Waals surface area contributed by atoms with E-state index >= 15 is 0 Å². The van der Waals surface area contributed by atoms with Crippen molar-refractivity contribution in [2.24, 2.45) is 0 Å². The fraction of sp³-hybridized carbons (Fsp3) is 0.296. The summed E-state index contributed by atoms with van der Waals surface area (Å²) in [4.78, 5) is 12.0. The SMILES string of the molecule is C=C/C(=C(\C)F)c1cc(COc2cc(OC)ccc2CC(=O)OCC)cc2cc(F)oc12.CC. The maximum Gasteiger partial charge on any atom is 0.310 e. The van der Waals surface area contributed by atoms with Crippen molar-refractivity contribution < 1.29 is 32.2 Å². The zero-order chi connectivity index (χ0) is 25.3. The van der Waals surface area contributed by atoms with Crippen molar-refractivity contribution in [3.05, 3.63) is 77.6 Å². The zero-order valence-corrected chi connectivity index (χ0v) is 20.2. The number of halogens is 2. The van der Waals surface area contributed by atoms with E-state index in [1.54, 1.807) is 37.3 Å². The Bertz CT molecular complexity index is 1170. The number of methoxy groups -OCH3 is 1. The second-order valence-corrected chi connectivity index (χ2v) is 7.01. The van der Waals surface area contributed by atoms with Crippen molar-refractivity contribution >= 4 is 22.5 Å². The number of hydrogen-bond donors (Lipinski definition) is 0. The Kier molecular flexibility index (Phi) is 9.86. The van der Waals surface area contributed by atoms with Crippen LogP contribution in [0.4, 0.5) is 8.78 Å². The number of carbonyl (C=O) groups is 1. The molecule has 0 aliphatic carbocycles. The van der Waals surface area contributed by atoms with Gasteiger partial charge in [0, 0.05) is 34.2 Å². The molecule has 7 heteroatoms. The third-order valence-corrected chi connectivity index (χ3v) is 4.82. The van der Waals surface area contributed by atoms with Gasteiger partial charge < -0.3 is 18.6 Å². The van der Waals surface area contributed by atoms with E-state index in [4.69, 9.17) is 18.6 Å². The maximum absolute atomic E-state index is 14.1. The molecule has 0 fully saturated rings. The Hall–Kier alpha value is -3.61. The monoisotopic (exact) mass is 472 g/mol. The number of furan rings is 1. The minimum absolute atomic E-state index is 0.0365. The van der Waals surface area contributed by atoms with Crippen LogP contribution in [0, 0.1) is 6.01 Å². The van der Waals surface area contributed by atoms with E-state index in [0.29, 0.717) is 33.6 Å². The van der Waals surface area contributed by atoms with Crippen molar-refractivity contribution in [2.45, 2.75) is 40.7 Å². The Morgan fingerprint density at radius 2 is 1.91 bits per heavy atom. The van der Waals surface area contributed by atoms with Crippen molar-refractivity contribution in [2.75, 3.05) is 13.7 Å². The molecule has 0 saturated carbocycles. The summed E-state index contributed by atoms with van der Waals surface area (Å²) in [6.45, 7) is 11.0. The van der Waals surface area contributed by atoms with E-state index in [9.17, 15) is 13.6 Å². The molecule has 5 nitrogen and oxygen atoms in total. The molecule has 0 atom stereocenters. The van der Waals surface area contributed by atoms with Crippen LogP contribution in [0.5, 0.6) is 11.5 Å². The number of hydrogen-bond acceptors (Lipinski definition) is 5. The van der Waals surface area contributed by atoms with Crippen LogP contribution in [0.15, 0.2) is 59.3 Å². The summed E-state index contributed by atoms with van der Waals surface area (Å²) in [7, 11) is 1.53. The normalized spacial score (nSPS) is 11.3. The second kappa shape index (κ2) is 12.6. The molecular formula is C27H30F2O5. The number of allylic oxidation sites excluding steroid dienone is 3. The Morgan fingerprint density at radius 3 is 2.53 bits per heavy atom. The molecular weight excluding hydrogens is 442 g/mol. The predicted molar refractivity (Wildman–Crippen MR) is 129 cm³/mol. The number of benzene rings is 2. The van der Waals surface area contributed by atoms with Crippen molar-refractivity contribution in [1.82, 2.24) is 0 Å². The van der Waals surface area contributed by atoms with E-state index in [1.165, 1.54) is 26.2 Å². The number of carbonyl (C=O) groups excluding carboxylic acids is 1. The highest BCUT2D eigenvalue weighted by Crippen LogP contribution is 2.33. The smallest absolute Gasteiger partial charge is 0.310 e. The van der Waals surface area contributed by atoms with Crippen LogP contribution in [0.3, 0.4) is 0 Å². The van der Waals surface area contributed by atoms with Crippen LogP contribution in [-0.2, 0) is 22.6 Å². The number of ether oxygens (including phenoxy) is 3. The molecule has 34 heavy (non-hydrogen) atoms. The molecule has 0 radical (unpaired) electrons. The summed E-state index contributed by atoms with van der Waals surface area (Å²) in [5.74, 6) is 0.157. The highest BCUT2D eigenvalue weighted by Gasteiger charge is 2.16. The highest BCUT2D eigenvalue weighted by atomic mass is 19.1. The lowest BCUT2D eigenvalue weighted by Gasteiger charge is -2.14. The minimum atomic E-state index is -0.774. The van der Waals surface area contributed by atoms with Crippen LogP contribution in [0.2, 0.25) is 0 Å². The average Bonchev–Trinajstić information content (AvgIpc) is 3.20. The van der Waals surface area contributed by atoms with Gasteiger partial charge in [-0.05, 0) is 37.6 Å². The fourth-order valence-corrected chi connectivity index (χ4v) is 3.37. The van der Waals surface area contributed by atoms with E-state index in [-0.39, 0.29) is 36.8 Å². The van der Waals surface area contributed by atoms with Crippen LogP contribution in [0.1, 0.15) is 44.4 Å². The lowest BCUT2D eigenvalue weighted by atomic mass is 10.00. The van der Waals surface area contributed by atoms with E-state index in [1.807, 2.05) is 13.8 Å². The fourth-order valence-electron chi connectivity index (χ4n) is 3.37. The standard InChI is InChI=1S/C25H24F2O5.C2H6/c1-5-20(15(3)26)21-10-16(9-18-11-23(27)32-25(18)21)14-31-22-13-19(29-4)8-7-17(22)12-24(28)30-6-2;1-2/h5,7-11,13H,1,6,12,14H2,2-4H3;1-2H3/b20-15-;. The van der Waals surface area contributed by atoms with Gasteiger partial charge in [0.25, 0.3) is 6.01 Å². The van der Waals surface area contributed by atoms with Gasteiger partial charge in [0.1, 0.15) is 29.5 Å². The van der Waals surface area contributed by atoms with Crippen LogP contribution >= 0.6 is 0 Å². The van der Waals surface area contributed by atoms with Gasteiger partial charge in [0.2, 0.25) is 0 Å². The van der Waals surface area contributed by atoms with Gasteiger partial charge in [-0.2, -0.15) is 4.39 Å². The third-order valence-electron chi connectivity index (χ3n) is 4.82. The minimum Gasteiger partial charge on any atom is -0.497 e. The van der Waals surface area contributed by atoms with Gasteiger partial charge in [-0.1, -0.05) is 32.6 Å². The summed E-state index contributed by atoms with van der Waals surface area (Å²) in [6, 6.07) is 8.95. The van der Waals surface area contributed by atoms with Crippen molar-refractivity contribution in [3.8, 4) is 11.5 Å². The maximum atomic E-state index is 14.1. The zero-order valence-electron chi connectivity index (χ0n) is 20.2. The van der Waals surface area contributed by atoms with Crippen LogP contribution < -0.4 is 9.47 Å². The van der Waals surface area contributed by atoms with Crippen molar-refractivity contribution in [3.63, 3.8) is 0 Å². The average molecular weight is 473 g/mol. The molecule has 0 N–H and O–H groups in total. The van der Waals surface area contributed by atoms with E-state index in [0.717, 1.165) is 0 Å². The molecule has 182 valence electrons. The summed E-state index contributed by atoms with van der Waals surface area (Å²) in [6.07, 6.45) is 1.39. The summed E-state index contributed by atoms with van der Waals surface area (Å²) >= 11 is 0. The summed E-state index contributed by atoms with van der Waals surface area (Å²) < 4.78 is 49.3. The highest BCUT2D eigenvalue weighted by molar-refractivity contribution is 5.93. The van der Waals surface area contributed by atoms with Crippen molar-refractivity contribution in [1.29, 1.82) is 0 Å². The molecule has 0 aliphatic heterocycles. The Labute approximate surface area is 198 Å². The first-order chi connectivity index (χ1) is 16.4. The van der Waals surface area contributed by atoms with Gasteiger partial charge in [-0.3, -0.25) is 4.79 Å². The molecule has 0 spiro atoms. The Morgan fingerprint density at radius 1 is 1.18 bits per heavy atom. The van der Waals surface area contributed by atoms with Crippen LogP contribution in [-0.4, -0.2) is 19.7 Å². The Balaban J connectivity index is 0.00000199. The number of fused-ring (bicyclic) bond motifs is 1. The summed E-state index contributed by atoms with van der Waals surface area (Å²) in [5.41, 5.74) is 2.08. The molecule has 0 unspecified atom stereocenters. The molecule has 0 bridgehead atoms. The number of esters is 1. The van der Waals surface area contributed by atoms with Gasteiger partial charge in [-0.15, -0.1) is 0 Å². The quantitative estimate of drug-likeness (QED) is 0.244. The molecule has 1 heterocycles. The first-order valence-corrected chi connectivity index (χ1v) is 11.0. The number of rotatable bonds is 9. The largest absolute Gasteiger partial charge is 0.497 e. The predicted octanol–water partition coefficient (Wildman–Crippen LogP) is 7.18. The first kappa shape index (κ1) is 26.6. The molecule has 2 aromatic carbocycles. The molecule has 1 aromatic heterocycles. The third kappa shape index (κ3) is 6.47. The molecule has 0 amide bonds. The second-order valence-electron chi connectivity index (χ2n) is 7.01. The summed E-state index contributed by atoms with van der Waals surface area (Å²) in [5, 5.41) is 0.469. The van der Waals surface area contributed by atoms with Gasteiger partial charge in [0.15, 0.2) is 0 Å². The molecule has 3 rings (SSSR count). The van der Waals surface area contributed by atoms with Gasteiger partial charge in [0.05, 0.1) is 20.1 Å². The van der Waals surface area contributed by atoms with Gasteiger partial charge >= 0.3 is 5.97 Å². The first-order valence-electron chi connectivity index (χ1n) is 11.0.